The number of aromatic nitrogens is 7. The number of alkyl halides is 3. The Kier molecular flexibility index (Phi) is 7.22. The number of ether oxygens (including phenoxy) is 1. The highest BCUT2D eigenvalue weighted by Gasteiger charge is 2.49. The predicted molar refractivity (Wildman–Crippen MR) is 150 cm³/mol. The SMILES string of the molecule is N#CC[C@]1(n2cc(-c3ncnc4[nH]ccc34)cn2)C[C@H](N2CCC(Oc3cc(CN4CC(O)C4)nc(C(F)(F)F)n3)CC2)C1. The zero-order chi connectivity index (χ0) is 30.5. The van der Waals surface area contributed by atoms with Gasteiger partial charge in [0, 0.05) is 68.2 Å². The number of fused-ring (bicyclic) bond motifs is 1. The summed E-state index contributed by atoms with van der Waals surface area (Å²) in [6, 6.07) is 6.01. The summed E-state index contributed by atoms with van der Waals surface area (Å²) >= 11 is 0. The number of nitrogens with one attached hydrogen (secondary N) is 1. The molecule has 44 heavy (non-hydrogen) atoms. The van der Waals surface area contributed by atoms with Crippen LogP contribution in [0.4, 0.5) is 13.2 Å². The number of hydrogen-bond acceptors (Lipinski definition) is 10. The van der Waals surface area contributed by atoms with E-state index in [0.717, 1.165) is 48.2 Å². The first-order valence-corrected chi connectivity index (χ1v) is 14.7. The minimum atomic E-state index is -4.69. The molecule has 12 nitrogen and oxygen atoms in total. The smallest absolute Gasteiger partial charge is 0.451 e. The fourth-order valence-corrected chi connectivity index (χ4v) is 6.61. The van der Waals surface area contributed by atoms with Crippen LogP contribution in [0.25, 0.3) is 22.3 Å². The molecule has 4 aromatic rings. The molecule has 3 aliphatic rings. The Morgan fingerprint density at radius 2 is 1.95 bits per heavy atom. The molecular formula is C29H31F3N10O2. The first kappa shape index (κ1) is 28.6. The number of likely N-dealkylation sites (tertiary alicyclic amines) is 2. The third-order valence-electron chi connectivity index (χ3n) is 8.95. The van der Waals surface area contributed by atoms with Gasteiger partial charge in [-0.25, -0.2) is 15.0 Å². The maximum Gasteiger partial charge on any atom is 0.451 e. The van der Waals surface area contributed by atoms with E-state index in [0.29, 0.717) is 32.4 Å². The standard InChI is InChI=1S/C29H31F3N10O2/c30-29(31,32)27-38-19(14-40-15-21(43)16-40)9-24(39-27)44-22-2-7-41(8-3-22)20-10-28(11-20,4-5-33)42-13-18(12-37-42)25-23-1-6-34-26(23)36-17-35-25/h1,6,9,12-13,17,20-22,43H,2-4,7-8,10-11,14-16H2,(H,34,35,36)/t20-,28-. The van der Waals surface area contributed by atoms with Crippen molar-refractivity contribution in [2.45, 2.75) is 68.6 Å². The van der Waals surface area contributed by atoms with Crippen molar-refractivity contribution in [1.29, 1.82) is 5.26 Å². The zero-order valence-electron chi connectivity index (χ0n) is 23.8. The van der Waals surface area contributed by atoms with Crippen LogP contribution in [0.5, 0.6) is 5.88 Å². The van der Waals surface area contributed by atoms with Gasteiger partial charge in [-0.1, -0.05) is 0 Å². The van der Waals surface area contributed by atoms with Crippen LogP contribution in [0, 0.1) is 11.3 Å². The minimum absolute atomic E-state index is 0.0754. The summed E-state index contributed by atoms with van der Waals surface area (Å²) in [4.78, 5) is 23.4. The molecule has 3 fully saturated rings. The van der Waals surface area contributed by atoms with Gasteiger partial charge in [0.25, 0.3) is 0 Å². The molecule has 2 aliphatic heterocycles. The van der Waals surface area contributed by atoms with Gasteiger partial charge in [0.15, 0.2) is 0 Å². The maximum atomic E-state index is 13.5. The van der Waals surface area contributed by atoms with Gasteiger partial charge >= 0.3 is 6.18 Å². The fourth-order valence-electron chi connectivity index (χ4n) is 6.61. The molecule has 0 radical (unpaired) electrons. The molecule has 0 atom stereocenters. The number of β-amino-alcohol motifs (C(OH)–C–C–N with tert-alkyl or cyclic N) is 1. The van der Waals surface area contributed by atoms with E-state index in [4.69, 9.17) is 4.74 Å². The van der Waals surface area contributed by atoms with Crippen molar-refractivity contribution in [1.82, 2.24) is 44.5 Å². The van der Waals surface area contributed by atoms with Crippen LogP contribution in [0.1, 0.15) is 43.6 Å². The molecule has 0 spiro atoms. The third-order valence-corrected chi connectivity index (χ3v) is 8.95. The van der Waals surface area contributed by atoms with Gasteiger partial charge in [0.05, 0.1) is 41.7 Å². The molecule has 2 saturated heterocycles. The van der Waals surface area contributed by atoms with Crippen LogP contribution < -0.4 is 4.74 Å². The van der Waals surface area contributed by atoms with Gasteiger partial charge in [-0.3, -0.25) is 14.5 Å². The number of piperidine rings is 1. The lowest BCUT2D eigenvalue weighted by Crippen LogP contribution is -2.58. The number of aliphatic hydroxyl groups excluding tert-OH is 1. The first-order chi connectivity index (χ1) is 21.2. The summed E-state index contributed by atoms with van der Waals surface area (Å²) in [5.74, 6) is -1.29. The molecule has 2 N–H and O–H groups in total. The molecule has 0 amide bonds. The second kappa shape index (κ2) is 11.1. The van der Waals surface area contributed by atoms with Gasteiger partial charge in [0.2, 0.25) is 11.7 Å². The predicted octanol–water partition coefficient (Wildman–Crippen LogP) is 3.12. The Morgan fingerprint density at radius 3 is 2.68 bits per heavy atom. The lowest BCUT2D eigenvalue weighted by molar-refractivity contribution is -0.145. The average molecular weight is 609 g/mol. The molecule has 0 aromatic carbocycles. The van der Waals surface area contributed by atoms with Crippen molar-refractivity contribution in [2.24, 2.45) is 0 Å². The van der Waals surface area contributed by atoms with Gasteiger partial charge in [-0.15, -0.1) is 0 Å². The van der Waals surface area contributed by atoms with Crippen LogP contribution in [-0.4, -0.2) is 94.0 Å². The van der Waals surface area contributed by atoms with Crippen molar-refractivity contribution in [3.05, 3.63) is 48.6 Å². The Bertz CT molecular complexity index is 1680. The van der Waals surface area contributed by atoms with Crippen LogP contribution >= 0.6 is 0 Å². The highest BCUT2D eigenvalue weighted by molar-refractivity contribution is 5.90. The number of aromatic amines is 1. The second-order valence-electron chi connectivity index (χ2n) is 12.0. The molecule has 4 aromatic heterocycles. The number of nitriles is 1. The van der Waals surface area contributed by atoms with E-state index in [-0.39, 0.29) is 30.3 Å². The monoisotopic (exact) mass is 608 g/mol. The van der Waals surface area contributed by atoms with Crippen molar-refractivity contribution in [3.63, 3.8) is 0 Å². The van der Waals surface area contributed by atoms with Crippen molar-refractivity contribution in [2.75, 3.05) is 26.2 Å². The lowest BCUT2D eigenvalue weighted by Gasteiger charge is -2.52. The number of rotatable bonds is 8. The summed E-state index contributed by atoms with van der Waals surface area (Å²) < 4.78 is 48.4. The van der Waals surface area contributed by atoms with Crippen molar-refractivity contribution >= 4 is 11.0 Å². The Morgan fingerprint density at radius 1 is 1.16 bits per heavy atom. The number of nitrogens with zero attached hydrogens (tertiary/aromatic N) is 9. The number of halogens is 3. The van der Waals surface area contributed by atoms with Crippen molar-refractivity contribution < 1.29 is 23.0 Å². The van der Waals surface area contributed by atoms with E-state index in [1.165, 1.54) is 12.4 Å². The molecule has 7 rings (SSSR count). The van der Waals surface area contributed by atoms with Gasteiger partial charge in [-0.2, -0.15) is 28.5 Å². The van der Waals surface area contributed by atoms with E-state index in [9.17, 15) is 23.5 Å². The Labute approximate surface area is 250 Å². The molecule has 6 heterocycles. The summed E-state index contributed by atoms with van der Waals surface area (Å²) in [5.41, 5.74) is 2.20. The Balaban J connectivity index is 0.981. The topological polar surface area (TPSA) is 145 Å². The largest absolute Gasteiger partial charge is 0.474 e. The normalized spacial score (nSPS) is 23.8. The highest BCUT2D eigenvalue weighted by Crippen LogP contribution is 2.45. The molecule has 0 unspecified atom stereocenters. The quantitative estimate of drug-likeness (QED) is 0.306. The molecular weight excluding hydrogens is 577 g/mol. The Hall–Kier alpha value is -4.13. The number of hydrogen-bond donors (Lipinski definition) is 2. The molecule has 0 bridgehead atoms. The third kappa shape index (κ3) is 5.49. The molecule has 15 heteroatoms. The van der Waals surface area contributed by atoms with Crippen LogP contribution in [0.15, 0.2) is 37.1 Å². The van der Waals surface area contributed by atoms with Crippen LogP contribution in [-0.2, 0) is 18.3 Å². The average Bonchev–Trinajstić information content (AvgIpc) is 3.64. The molecule has 1 aliphatic carbocycles. The first-order valence-electron chi connectivity index (χ1n) is 14.7. The van der Waals surface area contributed by atoms with Crippen LogP contribution in [0.3, 0.4) is 0 Å². The number of H-pyrrole nitrogens is 1. The maximum absolute atomic E-state index is 13.5. The van der Waals surface area contributed by atoms with E-state index in [2.05, 4.69) is 41.0 Å². The minimum Gasteiger partial charge on any atom is -0.474 e. The van der Waals surface area contributed by atoms with E-state index < -0.39 is 23.6 Å². The van der Waals surface area contributed by atoms with Gasteiger partial charge in [-0.05, 0) is 31.7 Å². The molecule has 1 saturated carbocycles. The lowest BCUT2D eigenvalue weighted by atomic mass is 9.69. The zero-order valence-corrected chi connectivity index (χ0v) is 23.8. The van der Waals surface area contributed by atoms with E-state index in [1.807, 2.05) is 28.0 Å². The van der Waals surface area contributed by atoms with Crippen molar-refractivity contribution in [3.8, 4) is 23.2 Å². The van der Waals surface area contributed by atoms with E-state index in [1.54, 1.807) is 6.20 Å². The number of aliphatic hydroxyl groups is 1. The molecule has 230 valence electrons. The summed E-state index contributed by atoms with van der Waals surface area (Å²) in [6.07, 6.45) is 4.82. The van der Waals surface area contributed by atoms with Gasteiger partial charge in [0.1, 0.15) is 18.1 Å². The van der Waals surface area contributed by atoms with Gasteiger partial charge < -0.3 is 14.8 Å². The second-order valence-corrected chi connectivity index (χ2v) is 12.0. The summed E-state index contributed by atoms with van der Waals surface area (Å²) in [5, 5.41) is 24.7. The fraction of sp³-hybridized carbons (Fsp3) is 0.517. The summed E-state index contributed by atoms with van der Waals surface area (Å²) in [6.45, 7) is 2.45. The van der Waals surface area contributed by atoms with Crippen LogP contribution in [0.2, 0.25) is 0 Å². The summed E-state index contributed by atoms with van der Waals surface area (Å²) in [7, 11) is 0. The highest BCUT2D eigenvalue weighted by atomic mass is 19.4. The van der Waals surface area contributed by atoms with E-state index >= 15 is 0 Å².